The summed E-state index contributed by atoms with van der Waals surface area (Å²) in [6.07, 6.45) is 0.00657. The normalized spacial score (nSPS) is 15.1. The molecule has 5 N–H and O–H groups in total. The molecule has 0 heterocycles. The Kier molecular flexibility index (Phi) is 22.0. The van der Waals surface area contributed by atoms with E-state index in [0.717, 1.165) is 15.4 Å². The highest BCUT2D eigenvalue weighted by atomic mass is 33.1. The summed E-state index contributed by atoms with van der Waals surface area (Å²) in [5.41, 5.74) is -0.903. The predicted octanol–water partition coefficient (Wildman–Crippen LogP) is 7.79. The number of hydrogen-bond acceptors (Lipinski definition) is 12. The van der Waals surface area contributed by atoms with Crippen LogP contribution >= 0.6 is 21.6 Å². The number of rotatable bonds is 26. The molecule has 0 aromatic heterocycles. The number of nitrogens with one attached hydrogen (secondary N) is 3. The highest BCUT2D eigenvalue weighted by molar-refractivity contribution is 8.76. The van der Waals surface area contributed by atoms with Gasteiger partial charge in [0.25, 0.3) is 0 Å². The van der Waals surface area contributed by atoms with E-state index in [2.05, 4.69) is 16.0 Å². The molecular weight excluding hydrogens is 819 g/mol. The Morgan fingerprint density at radius 2 is 1.23 bits per heavy atom. The molecule has 15 heteroatoms. The third-order valence-electron chi connectivity index (χ3n) is 10.7. The lowest BCUT2D eigenvalue weighted by atomic mass is 9.71. The molecule has 4 unspecified atom stereocenters. The molecule has 0 aliphatic rings. The molecule has 2 aromatic carbocycles. The van der Waals surface area contributed by atoms with Crippen LogP contribution in [0.5, 0.6) is 0 Å². The molecule has 0 bridgehead atoms. The SMILES string of the molecule is COC(C)CC(C)(C)C(CC(=O)[C@@H](C)CCO)C(=O)Nc1ccccc1SSc1ccccc1CC(=O)C(NC(=O)[C@H](CCO)NC(=O)OC(C)(C)C)C(C)(C)CC(C)OC. The molecule has 342 valence electrons. The molecule has 0 aliphatic heterocycles. The van der Waals surface area contributed by atoms with Crippen molar-refractivity contribution in [3.05, 3.63) is 54.1 Å². The fourth-order valence-electron chi connectivity index (χ4n) is 7.16. The molecule has 61 heavy (non-hydrogen) atoms. The second-order valence-corrected chi connectivity index (χ2v) is 20.4. The molecule has 6 atom stereocenters. The topological polar surface area (TPSA) is 190 Å². The third kappa shape index (κ3) is 18.0. The van der Waals surface area contributed by atoms with Crippen molar-refractivity contribution >= 4 is 56.7 Å². The van der Waals surface area contributed by atoms with Gasteiger partial charge in [0, 0.05) is 56.0 Å². The number of ketones is 2. The maximum absolute atomic E-state index is 14.4. The summed E-state index contributed by atoms with van der Waals surface area (Å²) in [7, 11) is 6.03. The fraction of sp³-hybridized carbons (Fsp3) is 0.630. The molecule has 13 nitrogen and oxygen atoms in total. The van der Waals surface area contributed by atoms with Gasteiger partial charge >= 0.3 is 6.09 Å². The van der Waals surface area contributed by atoms with Gasteiger partial charge in [-0.1, -0.05) is 86.5 Å². The number of benzene rings is 2. The minimum Gasteiger partial charge on any atom is -0.444 e. The molecular formula is C46H71N3O10S2. The van der Waals surface area contributed by atoms with E-state index >= 15 is 0 Å². The summed E-state index contributed by atoms with van der Waals surface area (Å²) in [4.78, 5) is 69.8. The van der Waals surface area contributed by atoms with Gasteiger partial charge in [0.1, 0.15) is 17.4 Å². The maximum atomic E-state index is 14.4. The lowest BCUT2D eigenvalue weighted by Crippen LogP contribution is -2.57. The molecule has 3 amide bonds. The highest BCUT2D eigenvalue weighted by Gasteiger charge is 2.40. The lowest BCUT2D eigenvalue weighted by Gasteiger charge is -2.36. The van der Waals surface area contributed by atoms with Gasteiger partial charge in [-0.15, -0.1) is 0 Å². The highest BCUT2D eigenvalue weighted by Crippen LogP contribution is 2.43. The zero-order chi connectivity index (χ0) is 46.1. The van der Waals surface area contributed by atoms with E-state index in [-0.39, 0.29) is 62.2 Å². The molecule has 0 fully saturated rings. The molecule has 0 saturated carbocycles. The number of hydrogen-bond donors (Lipinski definition) is 5. The number of para-hydroxylation sites is 1. The van der Waals surface area contributed by atoms with Crippen molar-refractivity contribution in [3.8, 4) is 0 Å². The van der Waals surface area contributed by atoms with E-state index in [0.29, 0.717) is 24.9 Å². The minimum atomic E-state index is -1.16. The predicted molar refractivity (Wildman–Crippen MR) is 242 cm³/mol. The largest absolute Gasteiger partial charge is 0.444 e. The molecule has 0 radical (unpaired) electrons. The maximum Gasteiger partial charge on any atom is 0.408 e. The molecule has 0 saturated heterocycles. The smallest absolute Gasteiger partial charge is 0.408 e. The summed E-state index contributed by atoms with van der Waals surface area (Å²) >= 11 is 0. The molecule has 2 rings (SSSR count). The Morgan fingerprint density at radius 1 is 0.689 bits per heavy atom. The first-order chi connectivity index (χ1) is 28.5. The van der Waals surface area contributed by atoms with E-state index in [9.17, 15) is 34.2 Å². The van der Waals surface area contributed by atoms with Gasteiger partial charge in [0.2, 0.25) is 11.8 Å². The summed E-state index contributed by atoms with van der Waals surface area (Å²) in [5, 5.41) is 27.8. The molecule has 2 aromatic rings. The van der Waals surface area contributed by atoms with Crippen LogP contribution in [0.1, 0.15) is 107 Å². The van der Waals surface area contributed by atoms with E-state index in [1.165, 1.54) is 21.6 Å². The van der Waals surface area contributed by atoms with E-state index < -0.39 is 52.4 Å². The van der Waals surface area contributed by atoms with E-state index in [4.69, 9.17) is 14.2 Å². The van der Waals surface area contributed by atoms with E-state index in [1.54, 1.807) is 41.9 Å². The van der Waals surface area contributed by atoms with Gasteiger partial charge in [0.15, 0.2) is 5.78 Å². The van der Waals surface area contributed by atoms with Crippen LogP contribution in [0.3, 0.4) is 0 Å². The lowest BCUT2D eigenvalue weighted by molar-refractivity contribution is -0.132. The van der Waals surface area contributed by atoms with Crippen LogP contribution in [0.15, 0.2) is 58.3 Å². The summed E-state index contributed by atoms with van der Waals surface area (Å²) in [6.45, 7) is 17.9. The first kappa shape index (κ1) is 53.7. The van der Waals surface area contributed by atoms with Gasteiger partial charge in [-0.05, 0) is 94.9 Å². The fourth-order valence-corrected chi connectivity index (χ4v) is 9.53. The summed E-state index contributed by atoms with van der Waals surface area (Å²) in [5.74, 6) is -2.32. The zero-order valence-corrected chi connectivity index (χ0v) is 39.8. The Morgan fingerprint density at radius 3 is 1.80 bits per heavy atom. The Balaban J connectivity index is 2.40. The Labute approximate surface area is 371 Å². The second-order valence-electron chi connectivity index (χ2n) is 18.2. The van der Waals surface area contributed by atoms with Crippen LogP contribution in [0.2, 0.25) is 0 Å². The number of aliphatic hydroxyl groups excluding tert-OH is 2. The number of carbonyl (C=O) groups excluding carboxylic acids is 5. The summed E-state index contributed by atoms with van der Waals surface area (Å²) in [6, 6.07) is 12.7. The first-order valence-electron chi connectivity index (χ1n) is 20.9. The van der Waals surface area contributed by atoms with Crippen molar-refractivity contribution in [1.29, 1.82) is 0 Å². The van der Waals surface area contributed by atoms with Gasteiger partial charge in [-0.3, -0.25) is 19.2 Å². The van der Waals surface area contributed by atoms with Crippen molar-refractivity contribution in [2.75, 3.05) is 32.8 Å². The van der Waals surface area contributed by atoms with Crippen LogP contribution < -0.4 is 16.0 Å². The average molecular weight is 890 g/mol. The molecule has 0 spiro atoms. The first-order valence-corrected chi connectivity index (χ1v) is 23.1. The second kappa shape index (κ2) is 25.0. The Bertz CT molecular complexity index is 1750. The van der Waals surface area contributed by atoms with Crippen LogP contribution in [-0.4, -0.2) is 97.0 Å². The van der Waals surface area contributed by atoms with Gasteiger partial charge in [-0.2, -0.15) is 0 Å². The van der Waals surface area contributed by atoms with Gasteiger partial charge in [-0.25, -0.2) is 4.79 Å². The van der Waals surface area contributed by atoms with Crippen molar-refractivity contribution in [3.63, 3.8) is 0 Å². The monoisotopic (exact) mass is 889 g/mol. The van der Waals surface area contributed by atoms with Crippen molar-refractivity contribution in [2.24, 2.45) is 22.7 Å². The van der Waals surface area contributed by atoms with Crippen molar-refractivity contribution in [2.45, 2.75) is 147 Å². The number of aliphatic hydroxyl groups is 2. The number of methoxy groups -OCH3 is 2. The van der Waals surface area contributed by atoms with Crippen LogP contribution in [0.4, 0.5) is 10.5 Å². The van der Waals surface area contributed by atoms with Gasteiger partial charge < -0.3 is 40.4 Å². The standard InChI is InChI=1S/C46H71N3O10S2/c1-29(21-23-50)36(52)26-33(45(7,8)27-30(2)57-11)41(54)47-34-18-14-16-20-39(34)61-60-38-19-15-13-17-32(38)25-37(53)40(46(9,10)28-31(3)58-12)49-42(55)35(22-24-51)48-43(56)59-44(4,5)6/h13-20,29-31,33,35,40,50-51H,21-28H2,1-12H3,(H,47,54)(H,48,56)(H,49,55)/t29-,30?,31?,33?,35-,40?/m0/s1. The van der Waals surface area contributed by atoms with Crippen molar-refractivity contribution < 1.29 is 48.4 Å². The minimum absolute atomic E-state index is 0.0207. The quantitative estimate of drug-likeness (QED) is 0.0578. The van der Waals surface area contributed by atoms with Crippen LogP contribution in [-0.2, 0) is 39.8 Å². The van der Waals surface area contributed by atoms with Crippen LogP contribution in [0.25, 0.3) is 0 Å². The number of carbonyl (C=O) groups is 5. The van der Waals surface area contributed by atoms with Gasteiger partial charge in [0.05, 0.1) is 29.9 Å². The number of Topliss-reactive ketones (excluding diaryl/α,β-unsaturated/α-hetero) is 2. The Hall–Kier alpha value is -3.47. The van der Waals surface area contributed by atoms with E-state index in [1.807, 2.05) is 90.1 Å². The average Bonchev–Trinajstić information content (AvgIpc) is 3.17. The van der Waals surface area contributed by atoms with Crippen LogP contribution in [0, 0.1) is 22.7 Å². The number of amides is 3. The molecule has 0 aliphatic carbocycles. The summed E-state index contributed by atoms with van der Waals surface area (Å²) < 4.78 is 16.4. The zero-order valence-electron chi connectivity index (χ0n) is 38.2. The number of anilines is 1. The van der Waals surface area contributed by atoms with Crippen molar-refractivity contribution in [1.82, 2.24) is 10.6 Å². The number of ether oxygens (including phenoxy) is 3. The number of alkyl carbamates (subject to hydrolysis) is 1. The third-order valence-corrected chi connectivity index (χ3v) is 13.3.